The maximum Gasteiger partial charge on any atom is 0.401 e. The Labute approximate surface area is 124 Å². The van der Waals surface area contributed by atoms with Gasteiger partial charge in [-0.2, -0.15) is 13.2 Å². The molecule has 0 fully saturated rings. The molecule has 116 valence electrons. The average molecular weight is 346 g/mol. The van der Waals surface area contributed by atoms with Gasteiger partial charge in [0.2, 0.25) is 0 Å². The summed E-state index contributed by atoms with van der Waals surface area (Å²) in [5.74, 6) is 0. The van der Waals surface area contributed by atoms with Crippen LogP contribution in [0.3, 0.4) is 0 Å². The van der Waals surface area contributed by atoms with Crippen molar-refractivity contribution in [2.24, 2.45) is 0 Å². The molecular weight excluding hydrogens is 319 g/mol. The third kappa shape index (κ3) is 14.4. The number of alkyl halides is 4. The van der Waals surface area contributed by atoms with Gasteiger partial charge in [-0.3, -0.25) is 4.90 Å². The van der Waals surface area contributed by atoms with Crippen LogP contribution in [-0.4, -0.2) is 36.0 Å². The largest absolute Gasteiger partial charge is 0.401 e. The fourth-order valence-corrected chi connectivity index (χ4v) is 2.55. The van der Waals surface area contributed by atoms with E-state index < -0.39 is 12.7 Å². The Bertz CT molecular complexity index is 198. The minimum atomic E-state index is -4.06. The Morgan fingerprint density at radius 2 is 1.37 bits per heavy atom. The second-order valence-electron chi connectivity index (χ2n) is 5.06. The van der Waals surface area contributed by atoms with E-state index in [1.807, 2.05) is 6.92 Å². The first-order valence-electron chi connectivity index (χ1n) is 7.34. The SMILES string of the molecule is CCCN(CCCCCCCCCBr)CC(F)(F)F. The van der Waals surface area contributed by atoms with Crippen LogP contribution in [0.1, 0.15) is 58.3 Å². The van der Waals surface area contributed by atoms with E-state index in [-0.39, 0.29) is 0 Å². The van der Waals surface area contributed by atoms with Crippen LogP contribution in [0, 0.1) is 0 Å². The summed E-state index contributed by atoms with van der Waals surface area (Å²) in [5, 5.41) is 1.07. The Kier molecular flexibility index (Phi) is 12.2. The van der Waals surface area contributed by atoms with E-state index in [2.05, 4.69) is 15.9 Å². The van der Waals surface area contributed by atoms with Crippen LogP contribution in [0.15, 0.2) is 0 Å². The summed E-state index contributed by atoms with van der Waals surface area (Å²) >= 11 is 3.40. The molecule has 0 rings (SSSR count). The van der Waals surface area contributed by atoms with Gasteiger partial charge in [-0.1, -0.05) is 55.0 Å². The Morgan fingerprint density at radius 3 is 1.84 bits per heavy atom. The molecule has 0 N–H and O–H groups in total. The van der Waals surface area contributed by atoms with Crippen LogP contribution in [0.2, 0.25) is 0 Å². The highest BCUT2D eigenvalue weighted by Gasteiger charge is 2.29. The third-order valence-electron chi connectivity index (χ3n) is 3.05. The van der Waals surface area contributed by atoms with Crippen LogP contribution in [0.5, 0.6) is 0 Å². The van der Waals surface area contributed by atoms with Gasteiger partial charge in [-0.25, -0.2) is 0 Å². The lowest BCUT2D eigenvalue weighted by atomic mass is 10.1. The summed E-state index contributed by atoms with van der Waals surface area (Å²) in [6.45, 7) is 2.29. The molecule has 0 aromatic rings. The van der Waals surface area contributed by atoms with E-state index in [0.29, 0.717) is 13.1 Å². The number of rotatable bonds is 12. The van der Waals surface area contributed by atoms with Crippen molar-refractivity contribution in [1.29, 1.82) is 0 Å². The lowest BCUT2D eigenvalue weighted by Gasteiger charge is -2.22. The molecule has 0 spiro atoms. The number of unbranched alkanes of at least 4 members (excludes halogenated alkanes) is 6. The first kappa shape index (κ1) is 19.2. The molecule has 0 unspecified atom stereocenters. The normalized spacial score (nSPS) is 12.3. The van der Waals surface area contributed by atoms with Crippen LogP contribution >= 0.6 is 15.9 Å². The van der Waals surface area contributed by atoms with E-state index in [1.165, 1.54) is 30.6 Å². The van der Waals surface area contributed by atoms with Crippen LogP contribution in [0.25, 0.3) is 0 Å². The topological polar surface area (TPSA) is 3.24 Å². The zero-order valence-electron chi connectivity index (χ0n) is 11.9. The van der Waals surface area contributed by atoms with Crippen molar-refractivity contribution >= 4 is 15.9 Å². The molecule has 5 heteroatoms. The molecule has 0 bridgehead atoms. The highest BCUT2D eigenvalue weighted by molar-refractivity contribution is 9.09. The van der Waals surface area contributed by atoms with Gasteiger partial charge in [-0.05, 0) is 32.4 Å². The monoisotopic (exact) mass is 345 g/mol. The molecule has 0 aromatic heterocycles. The zero-order valence-corrected chi connectivity index (χ0v) is 13.5. The molecule has 0 atom stereocenters. The van der Waals surface area contributed by atoms with Crippen molar-refractivity contribution in [3.8, 4) is 0 Å². The predicted octanol–water partition coefficient (Wildman–Crippen LogP) is 5.39. The Hall–Kier alpha value is 0.230. The number of nitrogens with zero attached hydrogens (tertiary/aromatic N) is 1. The molecule has 0 aliphatic rings. The van der Waals surface area contributed by atoms with E-state index in [9.17, 15) is 13.2 Å². The Morgan fingerprint density at radius 1 is 0.842 bits per heavy atom. The van der Waals surface area contributed by atoms with Gasteiger partial charge >= 0.3 is 6.18 Å². The van der Waals surface area contributed by atoms with Gasteiger partial charge < -0.3 is 0 Å². The fourth-order valence-electron chi connectivity index (χ4n) is 2.15. The molecule has 0 radical (unpaired) electrons. The van der Waals surface area contributed by atoms with Gasteiger partial charge in [-0.15, -0.1) is 0 Å². The Balaban J connectivity index is 3.53. The molecule has 0 saturated carbocycles. The molecule has 0 aromatic carbocycles. The second-order valence-corrected chi connectivity index (χ2v) is 5.85. The fraction of sp³-hybridized carbons (Fsp3) is 1.00. The number of halogens is 4. The molecule has 0 saturated heterocycles. The lowest BCUT2D eigenvalue weighted by Crippen LogP contribution is -2.35. The molecule has 19 heavy (non-hydrogen) atoms. The highest BCUT2D eigenvalue weighted by Crippen LogP contribution is 2.17. The summed E-state index contributed by atoms with van der Waals surface area (Å²) in [6, 6.07) is 0. The second kappa shape index (κ2) is 12.0. The first-order valence-corrected chi connectivity index (χ1v) is 8.47. The summed E-state index contributed by atoms with van der Waals surface area (Å²) in [6.07, 6.45) is 4.71. The van der Waals surface area contributed by atoms with Crippen LogP contribution < -0.4 is 0 Å². The maximum absolute atomic E-state index is 12.3. The van der Waals surface area contributed by atoms with Gasteiger partial charge in [0, 0.05) is 5.33 Å². The predicted molar refractivity (Wildman–Crippen MR) is 78.9 cm³/mol. The van der Waals surface area contributed by atoms with Crippen molar-refractivity contribution in [2.75, 3.05) is 25.0 Å². The van der Waals surface area contributed by atoms with E-state index in [4.69, 9.17) is 0 Å². The molecule has 0 aliphatic heterocycles. The average Bonchev–Trinajstić information content (AvgIpc) is 2.31. The summed E-state index contributed by atoms with van der Waals surface area (Å²) < 4.78 is 37.0. The van der Waals surface area contributed by atoms with Gasteiger partial charge in [0.1, 0.15) is 0 Å². The van der Waals surface area contributed by atoms with Crippen molar-refractivity contribution in [1.82, 2.24) is 4.90 Å². The van der Waals surface area contributed by atoms with Gasteiger partial charge in [0.25, 0.3) is 0 Å². The zero-order chi connectivity index (χ0) is 14.6. The quantitative estimate of drug-likeness (QED) is 0.338. The number of hydrogen-bond donors (Lipinski definition) is 0. The van der Waals surface area contributed by atoms with E-state index >= 15 is 0 Å². The third-order valence-corrected chi connectivity index (χ3v) is 3.61. The molecular formula is C14H27BrF3N. The molecule has 0 amide bonds. The lowest BCUT2D eigenvalue weighted by molar-refractivity contribution is -0.146. The summed E-state index contributed by atoms with van der Waals surface area (Å²) in [4.78, 5) is 1.53. The van der Waals surface area contributed by atoms with Crippen LogP contribution in [-0.2, 0) is 0 Å². The van der Waals surface area contributed by atoms with Crippen molar-refractivity contribution in [3.05, 3.63) is 0 Å². The maximum atomic E-state index is 12.3. The minimum absolute atomic E-state index is 0.546. The van der Waals surface area contributed by atoms with Gasteiger partial charge in [0.05, 0.1) is 6.54 Å². The van der Waals surface area contributed by atoms with E-state index in [0.717, 1.165) is 31.0 Å². The van der Waals surface area contributed by atoms with Crippen molar-refractivity contribution in [2.45, 2.75) is 64.5 Å². The molecule has 0 aliphatic carbocycles. The van der Waals surface area contributed by atoms with Crippen molar-refractivity contribution in [3.63, 3.8) is 0 Å². The highest BCUT2D eigenvalue weighted by atomic mass is 79.9. The van der Waals surface area contributed by atoms with Crippen LogP contribution in [0.4, 0.5) is 13.2 Å². The first-order chi connectivity index (χ1) is 8.99. The molecule has 0 heterocycles. The smallest absolute Gasteiger partial charge is 0.295 e. The molecule has 1 nitrogen and oxygen atoms in total. The van der Waals surface area contributed by atoms with Crippen molar-refractivity contribution < 1.29 is 13.2 Å². The minimum Gasteiger partial charge on any atom is -0.295 e. The summed E-state index contributed by atoms with van der Waals surface area (Å²) in [7, 11) is 0. The standard InChI is InChI=1S/C14H27BrF3N/c1-2-11-19(13-14(16,17)18)12-9-7-5-3-4-6-8-10-15/h2-13H2,1H3. The number of hydrogen-bond acceptors (Lipinski definition) is 1. The van der Waals surface area contributed by atoms with Gasteiger partial charge in [0.15, 0.2) is 0 Å². The van der Waals surface area contributed by atoms with E-state index in [1.54, 1.807) is 0 Å². The summed E-state index contributed by atoms with van der Waals surface area (Å²) in [5.41, 5.74) is 0.